The van der Waals surface area contributed by atoms with Crippen molar-refractivity contribution in [3.63, 3.8) is 0 Å². The molecule has 0 saturated carbocycles. The largest absolute Gasteiger partial charge is 0.478 e. The lowest BCUT2D eigenvalue weighted by molar-refractivity contribution is -0.160. The number of carboxylic acids is 1. The summed E-state index contributed by atoms with van der Waals surface area (Å²) in [7, 11) is 1.34. The number of benzene rings is 1. The van der Waals surface area contributed by atoms with Crippen LogP contribution in [0.5, 0.6) is 0 Å². The van der Waals surface area contributed by atoms with Crippen LogP contribution in [0, 0.1) is 0 Å². The van der Waals surface area contributed by atoms with Crippen molar-refractivity contribution in [3.05, 3.63) is 35.9 Å². The predicted molar refractivity (Wildman–Crippen MR) is 91.1 cm³/mol. The van der Waals surface area contributed by atoms with Crippen LogP contribution in [0.1, 0.15) is 19.4 Å². The van der Waals surface area contributed by atoms with E-state index in [-0.39, 0.29) is 12.3 Å². The van der Waals surface area contributed by atoms with Crippen molar-refractivity contribution in [2.24, 2.45) is 5.73 Å². The molecule has 1 aliphatic rings. The lowest BCUT2D eigenvalue weighted by Gasteiger charge is -2.51. The zero-order valence-corrected chi connectivity index (χ0v) is 14.6. The fourth-order valence-corrected chi connectivity index (χ4v) is 4.10. The molecule has 4 N–H and O–H groups in total. The molecule has 1 heterocycles. The number of carbonyl (C=O) groups excluding carboxylic acids is 2. The summed E-state index contributed by atoms with van der Waals surface area (Å²) in [5.41, 5.74) is 4.98. The minimum absolute atomic E-state index is 0.141. The molecule has 130 valence electrons. The number of likely N-dealkylation sites (N-methyl/N-ethyl adjacent to an activating group) is 1. The van der Waals surface area contributed by atoms with Crippen LogP contribution < -0.4 is 11.1 Å². The van der Waals surface area contributed by atoms with Crippen molar-refractivity contribution in [3.8, 4) is 0 Å². The molecule has 24 heavy (non-hydrogen) atoms. The van der Waals surface area contributed by atoms with Gasteiger partial charge in [-0.15, -0.1) is 11.8 Å². The number of thioether (sulfide) groups is 1. The highest BCUT2D eigenvalue weighted by atomic mass is 32.2. The maximum absolute atomic E-state index is 12.5. The molecule has 2 unspecified atom stereocenters. The molecule has 2 rings (SSSR count). The van der Waals surface area contributed by atoms with Crippen LogP contribution in [0.25, 0.3) is 0 Å². The summed E-state index contributed by atoms with van der Waals surface area (Å²) in [6, 6.07) is 9.15. The molecule has 1 saturated heterocycles. The zero-order valence-electron chi connectivity index (χ0n) is 13.8. The minimum atomic E-state index is -1.85. The number of nitrogens with zero attached hydrogens (tertiary/aromatic N) is 1. The summed E-state index contributed by atoms with van der Waals surface area (Å²) >= 11 is 1.05. The Labute approximate surface area is 144 Å². The highest BCUT2D eigenvalue weighted by molar-refractivity contribution is 8.02. The Morgan fingerprint density at radius 1 is 1.33 bits per heavy atom. The van der Waals surface area contributed by atoms with E-state index in [1.54, 1.807) is 13.8 Å². The molecule has 1 aromatic carbocycles. The van der Waals surface area contributed by atoms with Crippen LogP contribution in [0.4, 0.5) is 0 Å². The molecular weight excluding hydrogens is 330 g/mol. The maximum Gasteiger partial charge on any atom is 0.346 e. The fraction of sp³-hybridized carbons (Fsp3) is 0.438. The number of carbonyl (C=O) groups is 3. The second-order valence-corrected chi connectivity index (χ2v) is 7.93. The van der Waals surface area contributed by atoms with E-state index in [2.05, 4.69) is 5.32 Å². The molecule has 0 radical (unpaired) electrons. The van der Waals surface area contributed by atoms with Crippen molar-refractivity contribution in [1.29, 1.82) is 0 Å². The zero-order chi connectivity index (χ0) is 18.1. The van der Waals surface area contributed by atoms with Gasteiger partial charge in [0.05, 0.1) is 11.2 Å². The molecule has 0 spiro atoms. The van der Waals surface area contributed by atoms with Crippen molar-refractivity contribution in [2.45, 2.75) is 36.1 Å². The van der Waals surface area contributed by atoms with E-state index in [0.29, 0.717) is 0 Å². The van der Waals surface area contributed by atoms with E-state index >= 15 is 0 Å². The Balaban J connectivity index is 2.14. The van der Waals surface area contributed by atoms with Crippen LogP contribution in [0.3, 0.4) is 0 Å². The Hall–Kier alpha value is -2.06. The Bertz CT molecular complexity index is 665. The molecule has 1 fully saturated rings. The molecule has 1 aliphatic heterocycles. The summed E-state index contributed by atoms with van der Waals surface area (Å²) in [4.78, 5) is 37.3. The van der Waals surface area contributed by atoms with Gasteiger partial charge in [0.1, 0.15) is 0 Å². The van der Waals surface area contributed by atoms with Gasteiger partial charge in [0, 0.05) is 7.05 Å². The van der Waals surface area contributed by atoms with Crippen molar-refractivity contribution in [1.82, 2.24) is 10.2 Å². The van der Waals surface area contributed by atoms with Gasteiger partial charge in [-0.25, -0.2) is 4.79 Å². The Kier molecular flexibility index (Phi) is 4.91. The molecule has 2 atom stereocenters. The monoisotopic (exact) mass is 351 g/mol. The quantitative estimate of drug-likeness (QED) is 0.723. The van der Waals surface area contributed by atoms with E-state index in [1.807, 2.05) is 30.3 Å². The molecule has 0 aromatic heterocycles. The van der Waals surface area contributed by atoms with Gasteiger partial charge in [0.15, 0.2) is 5.37 Å². The third-order valence-electron chi connectivity index (χ3n) is 4.24. The van der Waals surface area contributed by atoms with Crippen LogP contribution >= 0.6 is 11.8 Å². The van der Waals surface area contributed by atoms with Gasteiger partial charge >= 0.3 is 5.97 Å². The lowest BCUT2D eigenvalue weighted by Crippen LogP contribution is -2.76. The average molecular weight is 351 g/mol. The summed E-state index contributed by atoms with van der Waals surface area (Å²) < 4.78 is -0.994. The molecule has 2 amide bonds. The summed E-state index contributed by atoms with van der Waals surface area (Å²) in [6.07, 6.45) is 0.141. The molecular formula is C16H21N3O4S. The van der Waals surface area contributed by atoms with E-state index in [1.165, 1.54) is 7.05 Å². The first-order valence-corrected chi connectivity index (χ1v) is 8.28. The summed E-state index contributed by atoms with van der Waals surface area (Å²) in [5.74, 6) is -2.13. The first kappa shape index (κ1) is 18.3. The van der Waals surface area contributed by atoms with Gasteiger partial charge < -0.3 is 15.3 Å². The molecule has 0 aliphatic carbocycles. The van der Waals surface area contributed by atoms with E-state index in [4.69, 9.17) is 5.73 Å². The van der Waals surface area contributed by atoms with Crippen LogP contribution in [0.2, 0.25) is 0 Å². The Morgan fingerprint density at radius 2 is 1.92 bits per heavy atom. The third kappa shape index (κ3) is 3.11. The number of hydrogen-bond acceptors (Lipinski definition) is 5. The summed E-state index contributed by atoms with van der Waals surface area (Å²) in [6.45, 7) is 3.29. The van der Waals surface area contributed by atoms with E-state index < -0.39 is 27.7 Å². The smallest absolute Gasteiger partial charge is 0.346 e. The number of nitrogens with one attached hydrogen (secondary N) is 1. The summed E-state index contributed by atoms with van der Waals surface area (Å²) in [5, 5.41) is 11.3. The van der Waals surface area contributed by atoms with E-state index in [9.17, 15) is 19.5 Å². The van der Waals surface area contributed by atoms with Crippen molar-refractivity contribution in [2.75, 3.05) is 7.05 Å². The highest BCUT2D eigenvalue weighted by Crippen LogP contribution is 2.43. The number of rotatable bonds is 4. The second-order valence-electron chi connectivity index (χ2n) is 6.21. The molecule has 7 nitrogen and oxygen atoms in total. The van der Waals surface area contributed by atoms with Crippen LogP contribution in [-0.4, -0.2) is 50.6 Å². The van der Waals surface area contributed by atoms with Crippen molar-refractivity contribution >= 4 is 29.5 Å². The number of carboxylic acid groups (broad SMARTS) is 1. The number of nitrogens with two attached hydrogens (primary N) is 1. The second kappa shape index (κ2) is 6.45. The van der Waals surface area contributed by atoms with Gasteiger partial charge in [-0.3, -0.25) is 15.3 Å². The fourth-order valence-electron chi connectivity index (χ4n) is 2.66. The van der Waals surface area contributed by atoms with E-state index in [0.717, 1.165) is 22.2 Å². The van der Waals surface area contributed by atoms with Crippen molar-refractivity contribution < 1.29 is 19.5 Å². The Morgan fingerprint density at radius 3 is 2.46 bits per heavy atom. The number of amides is 2. The SMILES string of the molecule is CN1C(=O)C(NC(=O)Cc2ccccc2)SC(C)(C)C1(N)C(=O)O. The van der Waals surface area contributed by atoms with Gasteiger partial charge in [0.25, 0.3) is 5.91 Å². The third-order valence-corrected chi connectivity index (χ3v) is 5.70. The van der Waals surface area contributed by atoms with Gasteiger partial charge in [-0.2, -0.15) is 0 Å². The first-order valence-electron chi connectivity index (χ1n) is 7.40. The van der Waals surface area contributed by atoms with Gasteiger partial charge in [0.2, 0.25) is 11.6 Å². The number of hydrogen-bond donors (Lipinski definition) is 3. The lowest BCUT2D eigenvalue weighted by atomic mass is 9.93. The topological polar surface area (TPSA) is 113 Å². The molecule has 0 bridgehead atoms. The normalized spacial score (nSPS) is 26.1. The predicted octanol–water partition coefficient (Wildman–Crippen LogP) is 0.395. The van der Waals surface area contributed by atoms with Gasteiger partial charge in [-0.1, -0.05) is 30.3 Å². The standard InChI is InChI=1S/C16H21N3O4S/c1-15(2)16(17,14(22)23)19(3)13(21)12(24-15)18-11(20)9-10-7-5-4-6-8-10/h4-8,12H,9,17H2,1-3H3,(H,18,20)(H,22,23). The average Bonchev–Trinajstić information content (AvgIpc) is 2.51. The minimum Gasteiger partial charge on any atom is -0.478 e. The number of aliphatic carboxylic acids is 1. The maximum atomic E-state index is 12.5. The molecule has 8 heteroatoms. The molecule has 1 aromatic rings. The highest BCUT2D eigenvalue weighted by Gasteiger charge is 2.59. The van der Waals surface area contributed by atoms with Gasteiger partial charge in [-0.05, 0) is 19.4 Å². The van der Waals surface area contributed by atoms with Crippen LogP contribution in [0.15, 0.2) is 30.3 Å². The van der Waals surface area contributed by atoms with Crippen LogP contribution in [-0.2, 0) is 20.8 Å². The first-order chi connectivity index (χ1) is 11.1.